The Labute approximate surface area is 109 Å². The fourth-order valence-electron chi connectivity index (χ4n) is 2.20. The number of rotatable bonds is 6. The van der Waals surface area contributed by atoms with Crippen LogP contribution in [0.5, 0.6) is 5.75 Å². The fourth-order valence-corrected chi connectivity index (χ4v) is 2.20. The first-order valence-corrected chi connectivity index (χ1v) is 6.45. The molecule has 0 heterocycles. The summed E-state index contributed by atoms with van der Waals surface area (Å²) in [7, 11) is 1.44. The van der Waals surface area contributed by atoms with Crippen LogP contribution in [-0.2, 0) is 6.42 Å². The third kappa shape index (κ3) is 3.98. The standard InChI is InChI=1S/C15H23FO2/c1-10(2)8-11(3)13(17)9-12-6-5-7-14(18-4)15(12)16/h5-7,10-11,13,17H,8-9H2,1-4H3. The molecule has 3 heteroatoms. The number of ether oxygens (including phenoxy) is 1. The van der Waals surface area contributed by atoms with Crippen LogP contribution in [0.2, 0.25) is 0 Å². The van der Waals surface area contributed by atoms with Crippen molar-refractivity contribution in [2.75, 3.05) is 7.11 Å². The molecule has 2 nitrogen and oxygen atoms in total. The lowest BCUT2D eigenvalue weighted by Crippen LogP contribution is -2.22. The van der Waals surface area contributed by atoms with Crippen LogP contribution in [-0.4, -0.2) is 18.3 Å². The zero-order valence-electron chi connectivity index (χ0n) is 11.6. The van der Waals surface area contributed by atoms with Crippen molar-refractivity contribution in [3.8, 4) is 5.75 Å². The Morgan fingerprint density at radius 1 is 1.28 bits per heavy atom. The van der Waals surface area contributed by atoms with E-state index < -0.39 is 6.10 Å². The maximum absolute atomic E-state index is 13.9. The molecule has 0 aromatic heterocycles. The zero-order chi connectivity index (χ0) is 13.7. The van der Waals surface area contributed by atoms with E-state index in [0.717, 1.165) is 6.42 Å². The van der Waals surface area contributed by atoms with E-state index in [2.05, 4.69) is 13.8 Å². The van der Waals surface area contributed by atoms with Crippen LogP contribution in [0.15, 0.2) is 18.2 Å². The van der Waals surface area contributed by atoms with E-state index in [-0.39, 0.29) is 17.5 Å². The van der Waals surface area contributed by atoms with E-state index in [1.165, 1.54) is 7.11 Å². The predicted molar refractivity (Wildman–Crippen MR) is 71.3 cm³/mol. The molecule has 2 atom stereocenters. The lowest BCUT2D eigenvalue weighted by Gasteiger charge is -2.21. The SMILES string of the molecule is COc1cccc(CC(O)C(C)CC(C)C)c1F. The molecule has 102 valence electrons. The van der Waals surface area contributed by atoms with E-state index in [4.69, 9.17) is 4.74 Å². The molecule has 0 aliphatic heterocycles. The molecule has 0 bridgehead atoms. The summed E-state index contributed by atoms with van der Waals surface area (Å²) >= 11 is 0. The fraction of sp³-hybridized carbons (Fsp3) is 0.600. The predicted octanol–water partition coefficient (Wildman–Crippen LogP) is 3.42. The highest BCUT2D eigenvalue weighted by atomic mass is 19.1. The van der Waals surface area contributed by atoms with E-state index in [0.29, 0.717) is 17.9 Å². The highest BCUT2D eigenvalue weighted by Crippen LogP contribution is 2.24. The van der Waals surface area contributed by atoms with Gasteiger partial charge in [-0.05, 0) is 29.9 Å². The number of aliphatic hydroxyl groups is 1. The van der Waals surface area contributed by atoms with Crippen LogP contribution in [0.1, 0.15) is 32.8 Å². The van der Waals surface area contributed by atoms with Gasteiger partial charge in [0.2, 0.25) is 0 Å². The monoisotopic (exact) mass is 254 g/mol. The van der Waals surface area contributed by atoms with Gasteiger partial charge in [-0.25, -0.2) is 4.39 Å². The maximum atomic E-state index is 13.9. The molecule has 0 saturated heterocycles. The van der Waals surface area contributed by atoms with Crippen molar-refractivity contribution in [2.45, 2.75) is 39.7 Å². The lowest BCUT2D eigenvalue weighted by molar-refractivity contribution is 0.104. The summed E-state index contributed by atoms with van der Waals surface area (Å²) in [4.78, 5) is 0. The Hall–Kier alpha value is -1.09. The minimum atomic E-state index is -0.519. The number of halogens is 1. The van der Waals surface area contributed by atoms with Crippen molar-refractivity contribution >= 4 is 0 Å². The lowest BCUT2D eigenvalue weighted by atomic mass is 9.90. The van der Waals surface area contributed by atoms with E-state index in [1.807, 2.05) is 6.92 Å². The van der Waals surface area contributed by atoms with Gasteiger partial charge in [0, 0.05) is 6.42 Å². The van der Waals surface area contributed by atoms with E-state index >= 15 is 0 Å². The van der Waals surface area contributed by atoms with Gasteiger partial charge in [-0.15, -0.1) is 0 Å². The summed E-state index contributed by atoms with van der Waals surface area (Å²) in [5, 5.41) is 10.1. The number of benzene rings is 1. The molecule has 0 aliphatic rings. The van der Waals surface area contributed by atoms with Crippen LogP contribution in [0, 0.1) is 17.7 Å². The quantitative estimate of drug-likeness (QED) is 0.843. The average Bonchev–Trinajstić information content (AvgIpc) is 2.30. The van der Waals surface area contributed by atoms with Gasteiger partial charge in [-0.2, -0.15) is 0 Å². The number of hydrogen-bond acceptors (Lipinski definition) is 2. The van der Waals surface area contributed by atoms with E-state index in [9.17, 15) is 9.50 Å². The minimum absolute atomic E-state index is 0.163. The van der Waals surface area contributed by atoms with Gasteiger partial charge in [-0.1, -0.05) is 32.9 Å². The molecule has 1 N–H and O–H groups in total. The number of hydrogen-bond donors (Lipinski definition) is 1. The van der Waals surface area contributed by atoms with Crippen LogP contribution in [0.4, 0.5) is 4.39 Å². The van der Waals surface area contributed by atoms with Crippen LogP contribution in [0.25, 0.3) is 0 Å². The summed E-state index contributed by atoms with van der Waals surface area (Å²) in [6, 6.07) is 5.03. The Morgan fingerprint density at radius 2 is 1.94 bits per heavy atom. The maximum Gasteiger partial charge on any atom is 0.168 e. The third-order valence-corrected chi connectivity index (χ3v) is 3.19. The smallest absolute Gasteiger partial charge is 0.168 e. The summed E-state index contributed by atoms with van der Waals surface area (Å²) in [6.07, 6.45) is 0.748. The molecule has 0 aliphatic carbocycles. The average molecular weight is 254 g/mol. The van der Waals surface area contributed by atoms with Crippen molar-refractivity contribution in [2.24, 2.45) is 11.8 Å². The first-order valence-electron chi connectivity index (χ1n) is 6.45. The van der Waals surface area contributed by atoms with Crippen molar-refractivity contribution in [3.63, 3.8) is 0 Å². The minimum Gasteiger partial charge on any atom is -0.494 e. The Bertz CT molecular complexity index is 377. The molecule has 18 heavy (non-hydrogen) atoms. The Kier molecular flexibility index (Phi) is 5.60. The Morgan fingerprint density at radius 3 is 2.50 bits per heavy atom. The van der Waals surface area contributed by atoms with Gasteiger partial charge >= 0.3 is 0 Å². The summed E-state index contributed by atoms with van der Waals surface area (Å²) in [5.74, 6) is 0.562. The van der Waals surface area contributed by atoms with Crippen LogP contribution >= 0.6 is 0 Å². The van der Waals surface area contributed by atoms with Gasteiger partial charge in [0.05, 0.1) is 13.2 Å². The molecule has 0 spiro atoms. The molecule has 0 amide bonds. The molecule has 1 aromatic rings. The largest absolute Gasteiger partial charge is 0.494 e. The van der Waals surface area contributed by atoms with E-state index in [1.54, 1.807) is 18.2 Å². The van der Waals surface area contributed by atoms with Crippen molar-refractivity contribution in [1.82, 2.24) is 0 Å². The molecule has 1 rings (SSSR count). The first-order chi connectivity index (χ1) is 8.45. The van der Waals surface area contributed by atoms with Gasteiger partial charge in [0.25, 0.3) is 0 Å². The van der Waals surface area contributed by atoms with Crippen LogP contribution < -0.4 is 4.74 Å². The highest BCUT2D eigenvalue weighted by molar-refractivity contribution is 5.31. The summed E-state index contributed by atoms with van der Waals surface area (Å²) < 4.78 is 18.9. The molecule has 0 saturated carbocycles. The second-order valence-electron chi connectivity index (χ2n) is 5.31. The number of methoxy groups -OCH3 is 1. The van der Waals surface area contributed by atoms with Gasteiger partial charge in [-0.3, -0.25) is 0 Å². The van der Waals surface area contributed by atoms with Crippen LogP contribution in [0.3, 0.4) is 0 Å². The Balaban J connectivity index is 2.72. The third-order valence-electron chi connectivity index (χ3n) is 3.19. The second-order valence-corrected chi connectivity index (χ2v) is 5.31. The zero-order valence-corrected chi connectivity index (χ0v) is 11.6. The van der Waals surface area contributed by atoms with Crippen molar-refractivity contribution < 1.29 is 14.2 Å². The molecule has 0 radical (unpaired) electrons. The molecular weight excluding hydrogens is 231 g/mol. The molecule has 0 fully saturated rings. The van der Waals surface area contributed by atoms with Crippen molar-refractivity contribution in [3.05, 3.63) is 29.6 Å². The normalized spacial score (nSPS) is 14.6. The second kappa shape index (κ2) is 6.74. The molecule has 2 unspecified atom stereocenters. The summed E-state index contributed by atoms with van der Waals surface area (Å²) in [5.41, 5.74) is 0.512. The van der Waals surface area contributed by atoms with Gasteiger partial charge in [0.1, 0.15) is 0 Å². The van der Waals surface area contributed by atoms with Gasteiger partial charge in [0.15, 0.2) is 11.6 Å². The molecular formula is C15H23FO2. The molecule has 1 aromatic carbocycles. The first kappa shape index (κ1) is 15.0. The highest BCUT2D eigenvalue weighted by Gasteiger charge is 2.18. The number of aliphatic hydroxyl groups excluding tert-OH is 1. The topological polar surface area (TPSA) is 29.5 Å². The van der Waals surface area contributed by atoms with Crippen molar-refractivity contribution in [1.29, 1.82) is 0 Å². The van der Waals surface area contributed by atoms with Gasteiger partial charge < -0.3 is 9.84 Å². The summed E-state index contributed by atoms with van der Waals surface area (Å²) in [6.45, 7) is 6.24.